The quantitative estimate of drug-likeness (QED) is 0.663. The maximum atomic E-state index is 12.9. The highest BCUT2D eigenvalue weighted by Gasteiger charge is 2.41. The van der Waals surface area contributed by atoms with Crippen LogP contribution in [0.15, 0.2) is 60.8 Å². The fraction of sp³-hybridized carbons (Fsp3) is 0.273. The number of hydrogen-bond acceptors (Lipinski definition) is 4. The Morgan fingerprint density at radius 3 is 2.70 bits per heavy atom. The van der Waals surface area contributed by atoms with Crippen molar-refractivity contribution in [3.63, 3.8) is 0 Å². The molecular weight excluding hydrogens is 340 g/mol. The van der Waals surface area contributed by atoms with Gasteiger partial charge in [0.2, 0.25) is 5.79 Å². The number of benzene rings is 2. The molecule has 5 heteroatoms. The molecule has 5 rings (SSSR count). The molecule has 0 atom stereocenters. The predicted octanol–water partition coefficient (Wildman–Crippen LogP) is 3.78. The lowest BCUT2D eigenvalue weighted by Crippen LogP contribution is -2.52. The Kier molecular flexibility index (Phi) is 3.83. The summed E-state index contributed by atoms with van der Waals surface area (Å²) in [5.41, 5.74) is 2.60. The van der Waals surface area contributed by atoms with Gasteiger partial charge < -0.3 is 14.4 Å². The molecule has 2 aliphatic rings. The fourth-order valence-corrected chi connectivity index (χ4v) is 3.83. The minimum absolute atomic E-state index is 0.0133. The number of carbonyl (C=O) groups excluding carboxylic acids is 1. The van der Waals surface area contributed by atoms with Crippen LogP contribution in [0.5, 0.6) is 5.75 Å². The average Bonchev–Trinajstić information content (AvgIpc) is 2.73. The number of carbonyl (C=O) groups is 1. The standard InChI is InChI=1S/C22H20N2O3/c25-21(18-13-16-5-1-3-7-19(16)23-14-18)24-11-9-22(10-12-24)26-15-17-6-2-4-8-20(17)27-22/h1-8,13-14H,9-12,15H2. The fourth-order valence-electron chi connectivity index (χ4n) is 3.83. The highest BCUT2D eigenvalue weighted by atomic mass is 16.7. The molecule has 0 N–H and O–H groups in total. The lowest BCUT2D eigenvalue weighted by Gasteiger charge is -2.43. The number of fused-ring (bicyclic) bond motifs is 2. The van der Waals surface area contributed by atoms with E-state index in [0.717, 1.165) is 22.2 Å². The average molecular weight is 360 g/mol. The van der Waals surface area contributed by atoms with Gasteiger partial charge in [0.05, 0.1) is 17.7 Å². The summed E-state index contributed by atoms with van der Waals surface area (Å²) >= 11 is 0. The zero-order valence-corrected chi connectivity index (χ0v) is 14.9. The van der Waals surface area contributed by atoms with Gasteiger partial charge in [-0.05, 0) is 18.2 Å². The molecule has 0 unspecified atom stereocenters. The molecule has 3 heterocycles. The van der Waals surface area contributed by atoms with Crippen molar-refractivity contribution in [3.8, 4) is 5.75 Å². The normalized spacial score (nSPS) is 18.1. The van der Waals surface area contributed by atoms with Gasteiger partial charge in [-0.1, -0.05) is 36.4 Å². The van der Waals surface area contributed by atoms with Gasteiger partial charge in [0.15, 0.2) is 0 Å². The number of likely N-dealkylation sites (tertiary alicyclic amines) is 1. The number of pyridine rings is 1. The maximum Gasteiger partial charge on any atom is 0.255 e. The van der Waals surface area contributed by atoms with E-state index in [4.69, 9.17) is 9.47 Å². The van der Waals surface area contributed by atoms with E-state index in [1.807, 2.05) is 59.5 Å². The van der Waals surface area contributed by atoms with Crippen LogP contribution in [0.1, 0.15) is 28.8 Å². The molecule has 2 aliphatic heterocycles. The van der Waals surface area contributed by atoms with Gasteiger partial charge in [-0.3, -0.25) is 9.78 Å². The van der Waals surface area contributed by atoms with Gasteiger partial charge in [-0.2, -0.15) is 0 Å². The molecule has 5 nitrogen and oxygen atoms in total. The highest BCUT2D eigenvalue weighted by molar-refractivity contribution is 5.97. The second-order valence-corrected chi connectivity index (χ2v) is 7.12. The Morgan fingerprint density at radius 2 is 1.81 bits per heavy atom. The molecule has 1 saturated heterocycles. The van der Waals surface area contributed by atoms with Gasteiger partial charge in [0, 0.05) is 43.1 Å². The molecule has 136 valence electrons. The van der Waals surface area contributed by atoms with Crippen LogP contribution in [0, 0.1) is 0 Å². The van der Waals surface area contributed by atoms with Crippen LogP contribution < -0.4 is 4.74 Å². The molecule has 0 radical (unpaired) electrons. The third-order valence-electron chi connectivity index (χ3n) is 5.41. The third-order valence-corrected chi connectivity index (χ3v) is 5.41. The zero-order chi connectivity index (χ0) is 18.3. The van der Waals surface area contributed by atoms with Gasteiger partial charge >= 0.3 is 0 Å². The second-order valence-electron chi connectivity index (χ2n) is 7.12. The van der Waals surface area contributed by atoms with Crippen LogP contribution >= 0.6 is 0 Å². The van der Waals surface area contributed by atoms with E-state index in [2.05, 4.69) is 4.98 Å². The number of hydrogen-bond donors (Lipinski definition) is 0. The lowest BCUT2D eigenvalue weighted by atomic mass is 10.0. The van der Waals surface area contributed by atoms with Crippen molar-refractivity contribution in [3.05, 3.63) is 71.9 Å². The van der Waals surface area contributed by atoms with Crippen molar-refractivity contribution in [1.82, 2.24) is 9.88 Å². The first-order valence-corrected chi connectivity index (χ1v) is 9.27. The number of para-hydroxylation sites is 2. The van der Waals surface area contributed by atoms with Crippen LogP contribution in [0.4, 0.5) is 0 Å². The summed E-state index contributed by atoms with van der Waals surface area (Å²) in [6.45, 7) is 1.76. The summed E-state index contributed by atoms with van der Waals surface area (Å²) in [5.74, 6) is 0.286. The lowest BCUT2D eigenvalue weighted by molar-refractivity contribution is -0.225. The summed E-state index contributed by atoms with van der Waals surface area (Å²) in [7, 11) is 0. The minimum Gasteiger partial charge on any atom is -0.462 e. The Labute approximate surface area is 157 Å². The van der Waals surface area contributed by atoms with Crippen molar-refractivity contribution < 1.29 is 14.3 Å². The Bertz CT molecular complexity index is 1010. The summed E-state index contributed by atoms with van der Waals surface area (Å²) in [6.07, 6.45) is 2.99. The summed E-state index contributed by atoms with van der Waals surface area (Å²) in [6, 6.07) is 17.7. The van der Waals surface area contributed by atoms with Gasteiger partial charge in [0.1, 0.15) is 5.75 Å². The van der Waals surface area contributed by atoms with E-state index < -0.39 is 5.79 Å². The van der Waals surface area contributed by atoms with E-state index >= 15 is 0 Å². The molecule has 1 spiro atoms. The van der Waals surface area contributed by atoms with Gasteiger partial charge in [0.25, 0.3) is 5.91 Å². The summed E-state index contributed by atoms with van der Waals surface area (Å²) in [5, 5.41) is 0.979. The van der Waals surface area contributed by atoms with Crippen molar-refractivity contribution in [2.45, 2.75) is 25.2 Å². The number of piperidine rings is 1. The highest BCUT2D eigenvalue weighted by Crippen LogP contribution is 2.37. The molecule has 1 amide bonds. The third kappa shape index (κ3) is 2.94. The smallest absolute Gasteiger partial charge is 0.255 e. The summed E-state index contributed by atoms with van der Waals surface area (Å²) < 4.78 is 12.2. The molecule has 2 aromatic carbocycles. The Balaban J connectivity index is 1.31. The van der Waals surface area contributed by atoms with E-state index in [1.165, 1.54) is 0 Å². The van der Waals surface area contributed by atoms with Crippen molar-refractivity contribution in [1.29, 1.82) is 0 Å². The molecule has 27 heavy (non-hydrogen) atoms. The first kappa shape index (κ1) is 16.3. The number of aromatic nitrogens is 1. The first-order chi connectivity index (χ1) is 13.2. The topological polar surface area (TPSA) is 51.7 Å². The molecule has 1 fully saturated rings. The molecule has 0 saturated carbocycles. The van der Waals surface area contributed by atoms with Crippen LogP contribution in [-0.4, -0.2) is 34.7 Å². The Morgan fingerprint density at radius 1 is 1.04 bits per heavy atom. The maximum absolute atomic E-state index is 12.9. The van der Waals surface area contributed by atoms with Gasteiger partial charge in [-0.25, -0.2) is 0 Å². The number of nitrogens with zero attached hydrogens (tertiary/aromatic N) is 2. The zero-order valence-electron chi connectivity index (χ0n) is 14.9. The van der Waals surface area contributed by atoms with Crippen LogP contribution in [0.25, 0.3) is 10.9 Å². The van der Waals surface area contributed by atoms with E-state index in [1.54, 1.807) is 6.20 Å². The molecular formula is C22H20N2O3. The van der Waals surface area contributed by atoms with Crippen molar-refractivity contribution in [2.75, 3.05) is 13.1 Å². The molecule has 3 aromatic rings. The van der Waals surface area contributed by atoms with Crippen LogP contribution in [0.2, 0.25) is 0 Å². The molecule has 0 bridgehead atoms. The van der Waals surface area contributed by atoms with E-state index in [9.17, 15) is 4.79 Å². The second kappa shape index (κ2) is 6.35. The number of amides is 1. The Hall–Kier alpha value is -2.92. The number of ether oxygens (including phenoxy) is 2. The SMILES string of the molecule is O=C(c1cnc2ccccc2c1)N1CCC2(CC1)OCc1ccccc1O2. The van der Waals surface area contributed by atoms with Crippen LogP contribution in [0.3, 0.4) is 0 Å². The monoisotopic (exact) mass is 360 g/mol. The first-order valence-electron chi connectivity index (χ1n) is 9.27. The van der Waals surface area contributed by atoms with Crippen LogP contribution in [-0.2, 0) is 11.3 Å². The predicted molar refractivity (Wildman–Crippen MR) is 101 cm³/mol. The largest absolute Gasteiger partial charge is 0.462 e. The van der Waals surface area contributed by atoms with Gasteiger partial charge in [-0.15, -0.1) is 0 Å². The molecule has 0 aliphatic carbocycles. The van der Waals surface area contributed by atoms with Crippen molar-refractivity contribution >= 4 is 16.8 Å². The summed E-state index contributed by atoms with van der Waals surface area (Å²) in [4.78, 5) is 19.2. The van der Waals surface area contributed by atoms with Crippen molar-refractivity contribution in [2.24, 2.45) is 0 Å². The van der Waals surface area contributed by atoms with E-state index in [0.29, 0.717) is 38.1 Å². The molecule has 1 aromatic heterocycles. The minimum atomic E-state index is -0.618. The number of rotatable bonds is 1. The van der Waals surface area contributed by atoms with E-state index in [-0.39, 0.29) is 5.91 Å².